The number of sulfonamides is 1. The van der Waals surface area contributed by atoms with Crippen molar-refractivity contribution in [3.05, 3.63) is 51.9 Å². The van der Waals surface area contributed by atoms with E-state index in [-0.39, 0.29) is 12.5 Å². The van der Waals surface area contributed by atoms with Crippen molar-refractivity contribution in [1.82, 2.24) is 9.62 Å². The third-order valence-electron chi connectivity index (χ3n) is 4.14. The van der Waals surface area contributed by atoms with Crippen LogP contribution in [0.1, 0.15) is 28.5 Å². The summed E-state index contributed by atoms with van der Waals surface area (Å²) in [7, 11) is -3.54. The molecule has 0 spiro atoms. The van der Waals surface area contributed by atoms with Crippen molar-refractivity contribution in [2.45, 2.75) is 37.6 Å². The van der Waals surface area contributed by atoms with Gasteiger partial charge < -0.3 is 4.90 Å². The standard InChI is InChI=1S/C17H20N2O3S2/c1-12-3-5-14(6-4-12)10-18-24(21,22)17-9-15-11-19(13(2)20)8-7-16(15)23-17/h3-6,9,18H,7-8,10-11H2,1-2H3. The zero-order valence-electron chi connectivity index (χ0n) is 13.7. The van der Waals surface area contributed by atoms with Crippen LogP contribution < -0.4 is 4.72 Å². The van der Waals surface area contributed by atoms with Gasteiger partial charge in [0.05, 0.1) is 0 Å². The van der Waals surface area contributed by atoms with Crippen molar-refractivity contribution in [2.75, 3.05) is 6.54 Å². The fraction of sp³-hybridized carbons (Fsp3) is 0.353. The maximum Gasteiger partial charge on any atom is 0.250 e. The summed E-state index contributed by atoms with van der Waals surface area (Å²) in [6.07, 6.45) is 0.715. The van der Waals surface area contributed by atoms with Gasteiger partial charge in [-0.1, -0.05) is 29.8 Å². The molecule has 1 aliphatic rings. The van der Waals surface area contributed by atoms with Crippen molar-refractivity contribution in [3.8, 4) is 0 Å². The first-order chi connectivity index (χ1) is 11.3. The van der Waals surface area contributed by atoms with Crippen molar-refractivity contribution in [2.24, 2.45) is 0 Å². The van der Waals surface area contributed by atoms with Gasteiger partial charge in [-0.25, -0.2) is 13.1 Å². The molecule has 0 unspecified atom stereocenters. The van der Waals surface area contributed by atoms with Gasteiger partial charge in [-0.15, -0.1) is 11.3 Å². The van der Waals surface area contributed by atoms with Crippen LogP contribution in [0.5, 0.6) is 0 Å². The Kier molecular flexibility index (Phi) is 4.76. The molecule has 1 aromatic heterocycles. The quantitative estimate of drug-likeness (QED) is 0.906. The third-order valence-corrected chi connectivity index (χ3v) is 7.25. The molecule has 3 rings (SSSR count). The molecule has 128 valence electrons. The maximum absolute atomic E-state index is 12.5. The minimum absolute atomic E-state index is 0.0220. The summed E-state index contributed by atoms with van der Waals surface area (Å²) in [5.74, 6) is 0.0220. The molecule has 0 fully saturated rings. The SMILES string of the molecule is CC(=O)N1CCc2sc(S(=O)(=O)NCc3ccc(C)cc3)cc2C1. The van der Waals surface area contributed by atoms with Crippen LogP contribution in [0.2, 0.25) is 0 Å². The molecule has 0 radical (unpaired) electrons. The molecule has 1 aliphatic heterocycles. The summed E-state index contributed by atoms with van der Waals surface area (Å²) in [5, 5.41) is 0. The molecular weight excluding hydrogens is 344 g/mol. The van der Waals surface area contributed by atoms with Gasteiger partial charge in [0.2, 0.25) is 15.9 Å². The lowest BCUT2D eigenvalue weighted by Crippen LogP contribution is -2.33. The first-order valence-electron chi connectivity index (χ1n) is 7.77. The molecule has 1 amide bonds. The molecule has 0 saturated heterocycles. The van der Waals surface area contributed by atoms with Gasteiger partial charge in [0.1, 0.15) is 4.21 Å². The highest BCUT2D eigenvalue weighted by Crippen LogP contribution is 2.31. The second kappa shape index (κ2) is 6.66. The predicted molar refractivity (Wildman–Crippen MR) is 94.3 cm³/mol. The number of hydrogen-bond donors (Lipinski definition) is 1. The molecule has 0 saturated carbocycles. The number of aryl methyl sites for hydroxylation is 1. The van der Waals surface area contributed by atoms with Crippen molar-refractivity contribution in [1.29, 1.82) is 0 Å². The van der Waals surface area contributed by atoms with E-state index >= 15 is 0 Å². The first kappa shape index (κ1) is 17.1. The number of nitrogens with zero attached hydrogens (tertiary/aromatic N) is 1. The number of benzene rings is 1. The Hall–Kier alpha value is -1.70. The van der Waals surface area contributed by atoms with Crippen molar-refractivity contribution >= 4 is 27.3 Å². The summed E-state index contributed by atoms with van der Waals surface area (Å²) >= 11 is 1.31. The van der Waals surface area contributed by atoms with E-state index in [4.69, 9.17) is 0 Å². The molecule has 0 aliphatic carbocycles. The highest BCUT2D eigenvalue weighted by molar-refractivity contribution is 7.91. The number of fused-ring (bicyclic) bond motifs is 1. The van der Waals surface area contributed by atoms with Crippen LogP contribution in [0.4, 0.5) is 0 Å². The summed E-state index contributed by atoms with van der Waals surface area (Å²) in [4.78, 5) is 14.3. The number of nitrogens with one attached hydrogen (secondary N) is 1. The molecule has 0 atom stereocenters. The largest absolute Gasteiger partial charge is 0.338 e. The minimum Gasteiger partial charge on any atom is -0.338 e. The molecule has 0 bridgehead atoms. The highest BCUT2D eigenvalue weighted by atomic mass is 32.2. The number of hydrogen-bond acceptors (Lipinski definition) is 4. The average molecular weight is 364 g/mol. The molecule has 5 nitrogen and oxygen atoms in total. The van der Waals surface area contributed by atoms with Gasteiger partial charge in [0, 0.05) is 31.4 Å². The lowest BCUT2D eigenvalue weighted by molar-refractivity contribution is -0.129. The Labute approximate surface area is 146 Å². The molecule has 2 heterocycles. The number of carbonyl (C=O) groups is 1. The third kappa shape index (κ3) is 3.68. The molecule has 1 aromatic carbocycles. The summed E-state index contributed by atoms with van der Waals surface area (Å²) in [5.41, 5.74) is 3.01. The van der Waals surface area contributed by atoms with E-state index < -0.39 is 10.0 Å². The van der Waals surface area contributed by atoms with E-state index in [9.17, 15) is 13.2 Å². The lowest BCUT2D eigenvalue weighted by Gasteiger charge is -2.25. The molecule has 2 aromatic rings. The van der Waals surface area contributed by atoms with Gasteiger partial charge in [-0.2, -0.15) is 0 Å². The van der Waals surface area contributed by atoms with Gasteiger partial charge in [0.15, 0.2) is 0 Å². The Bertz CT molecular complexity index is 854. The fourth-order valence-electron chi connectivity index (χ4n) is 2.66. The zero-order valence-corrected chi connectivity index (χ0v) is 15.3. The Balaban J connectivity index is 1.74. The van der Waals surface area contributed by atoms with Crippen LogP contribution >= 0.6 is 11.3 Å². The molecule has 24 heavy (non-hydrogen) atoms. The average Bonchev–Trinajstić information content (AvgIpc) is 2.98. The van der Waals surface area contributed by atoms with E-state index in [2.05, 4.69) is 4.72 Å². The number of rotatable bonds is 4. The van der Waals surface area contributed by atoms with Crippen molar-refractivity contribution in [3.63, 3.8) is 0 Å². The lowest BCUT2D eigenvalue weighted by atomic mass is 10.1. The Morgan fingerprint density at radius 1 is 1.29 bits per heavy atom. The minimum atomic E-state index is -3.54. The second-order valence-corrected chi connectivity index (χ2v) is 9.15. The monoisotopic (exact) mass is 364 g/mol. The van der Waals surface area contributed by atoms with Gasteiger partial charge in [-0.05, 0) is 30.5 Å². The first-order valence-corrected chi connectivity index (χ1v) is 10.1. The van der Waals surface area contributed by atoms with Crippen LogP contribution in [-0.4, -0.2) is 25.8 Å². The summed E-state index contributed by atoms with van der Waals surface area (Å²) in [6, 6.07) is 9.46. The zero-order chi connectivity index (χ0) is 17.3. The Morgan fingerprint density at radius 3 is 2.67 bits per heavy atom. The van der Waals surface area contributed by atoms with Crippen LogP contribution in [0.25, 0.3) is 0 Å². The van der Waals surface area contributed by atoms with Gasteiger partial charge in [-0.3, -0.25) is 4.79 Å². The smallest absolute Gasteiger partial charge is 0.250 e. The topological polar surface area (TPSA) is 66.5 Å². The van der Waals surface area contributed by atoms with E-state index in [1.165, 1.54) is 18.3 Å². The van der Waals surface area contributed by atoms with Gasteiger partial charge >= 0.3 is 0 Å². The van der Waals surface area contributed by atoms with E-state index in [0.29, 0.717) is 23.7 Å². The molecular formula is C17H20N2O3S2. The number of amides is 1. The fourth-order valence-corrected chi connectivity index (χ4v) is 5.27. The van der Waals surface area contributed by atoms with Crippen LogP contribution in [-0.2, 0) is 34.3 Å². The van der Waals surface area contributed by atoms with E-state index in [1.54, 1.807) is 11.0 Å². The normalized spacial score (nSPS) is 14.5. The Morgan fingerprint density at radius 2 is 2.00 bits per heavy atom. The molecule has 7 heteroatoms. The van der Waals surface area contributed by atoms with Crippen LogP contribution in [0.3, 0.4) is 0 Å². The highest BCUT2D eigenvalue weighted by Gasteiger charge is 2.25. The van der Waals surface area contributed by atoms with Crippen LogP contribution in [0, 0.1) is 6.92 Å². The molecule has 1 N–H and O–H groups in total. The van der Waals surface area contributed by atoms with Crippen LogP contribution in [0.15, 0.2) is 34.5 Å². The van der Waals surface area contributed by atoms with E-state index in [1.807, 2.05) is 31.2 Å². The predicted octanol–water partition coefficient (Wildman–Crippen LogP) is 2.44. The van der Waals surface area contributed by atoms with E-state index in [0.717, 1.165) is 21.6 Å². The number of thiophene rings is 1. The van der Waals surface area contributed by atoms with Gasteiger partial charge in [0.25, 0.3) is 0 Å². The number of carbonyl (C=O) groups excluding carboxylic acids is 1. The second-order valence-electron chi connectivity index (χ2n) is 6.01. The maximum atomic E-state index is 12.5. The summed E-state index contributed by atoms with van der Waals surface area (Å²) in [6.45, 7) is 4.95. The van der Waals surface area contributed by atoms with Crippen molar-refractivity contribution < 1.29 is 13.2 Å². The summed E-state index contributed by atoms with van der Waals surface area (Å²) < 4.78 is 28.0.